The fraction of sp³-hybridized carbons (Fsp3) is 0.778. The number of carbonyl (C=O) groups is 2. The number of nitrogens with one attached hydrogen (secondary N) is 1. The van der Waals surface area contributed by atoms with Gasteiger partial charge in [0.05, 0.1) is 11.1 Å². The number of piperidine rings is 2. The van der Waals surface area contributed by atoms with Gasteiger partial charge in [0.1, 0.15) is 0 Å². The van der Waals surface area contributed by atoms with Gasteiger partial charge in [-0.1, -0.05) is 6.92 Å². The Morgan fingerprint density at radius 2 is 2.04 bits per heavy atom. The van der Waals surface area contributed by atoms with Crippen LogP contribution in [0.25, 0.3) is 0 Å². The van der Waals surface area contributed by atoms with Gasteiger partial charge in [-0.3, -0.25) is 9.69 Å². The molecular weight excluding hydrogens is 308 g/mol. The molecular formula is C18H26N2O4. The summed E-state index contributed by atoms with van der Waals surface area (Å²) in [5, 5.41) is 23.4. The van der Waals surface area contributed by atoms with Crippen molar-refractivity contribution < 1.29 is 19.8 Å². The molecule has 6 heteroatoms. The Morgan fingerprint density at radius 3 is 2.79 bits per heavy atom. The molecule has 4 rings (SSSR count). The molecule has 3 N–H and O–H groups in total. The lowest BCUT2D eigenvalue weighted by atomic mass is 9.49. The van der Waals surface area contributed by atoms with E-state index in [1.165, 1.54) is 0 Å². The summed E-state index contributed by atoms with van der Waals surface area (Å²) in [5.74, 6) is -1.79. The van der Waals surface area contributed by atoms with Crippen molar-refractivity contribution in [1.29, 1.82) is 0 Å². The highest BCUT2D eigenvalue weighted by Crippen LogP contribution is 2.61. The van der Waals surface area contributed by atoms with E-state index in [-0.39, 0.29) is 5.92 Å². The topological polar surface area (TPSA) is 89.9 Å². The number of carboxylic acids is 1. The van der Waals surface area contributed by atoms with Crippen LogP contribution in [-0.2, 0) is 9.59 Å². The standard InChI is InChI=1S/C18H26N2O4/c1-11-8-12-9-14(19-15(21)16(22)23)13-4-2-6-20-7-3-5-18(12,24)17(13,20)10-11/h11-12,24H,2-10H2,1H3,(H,19,21)(H,22,23)/t11-,12+,17+,18+/m1/s1. The Bertz CT molecular complexity index is 629. The minimum absolute atomic E-state index is 0.0926. The van der Waals surface area contributed by atoms with Gasteiger partial charge in [0, 0.05) is 5.70 Å². The SMILES string of the molecule is C[C@@H]1C[C@H]2CC(NC(=O)C(=O)O)=C3CCCN4CCC[C@@]2(O)[C@]34C1. The van der Waals surface area contributed by atoms with Gasteiger partial charge in [0.2, 0.25) is 0 Å². The molecule has 3 fully saturated rings. The molecule has 0 aromatic heterocycles. The summed E-state index contributed by atoms with van der Waals surface area (Å²) in [7, 11) is 0. The molecule has 0 radical (unpaired) electrons. The van der Waals surface area contributed by atoms with Crippen LogP contribution in [-0.4, -0.2) is 51.2 Å². The van der Waals surface area contributed by atoms with Gasteiger partial charge in [-0.05, 0) is 75.4 Å². The normalized spacial score (nSPS) is 41.6. The largest absolute Gasteiger partial charge is 0.474 e. The van der Waals surface area contributed by atoms with E-state index in [0.29, 0.717) is 12.3 Å². The van der Waals surface area contributed by atoms with Gasteiger partial charge in [-0.25, -0.2) is 4.79 Å². The minimum atomic E-state index is -1.45. The molecule has 1 spiro atoms. The number of allylic oxidation sites excluding steroid dienone is 1. The van der Waals surface area contributed by atoms with Gasteiger partial charge >= 0.3 is 11.9 Å². The Labute approximate surface area is 141 Å². The van der Waals surface area contributed by atoms with E-state index in [9.17, 15) is 14.7 Å². The Morgan fingerprint density at radius 1 is 1.29 bits per heavy atom. The van der Waals surface area contributed by atoms with Gasteiger partial charge in [-0.2, -0.15) is 0 Å². The average molecular weight is 334 g/mol. The molecule has 0 aromatic carbocycles. The van der Waals surface area contributed by atoms with E-state index in [2.05, 4.69) is 17.1 Å². The molecule has 2 bridgehead atoms. The molecule has 0 aromatic rings. The summed E-state index contributed by atoms with van der Waals surface area (Å²) < 4.78 is 0. The Kier molecular flexibility index (Phi) is 3.55. The Balaban J connectivity index is 1.85. The monoisotopic (exact) mass is 334 g/mol. The summed E-state index contributed by atoms with van der Waals surface area (Å²) in [4.78, 5) is 25.2. The van der Waals surface area contributed by atoms with Crippen molar-refractivity contribution in [2.24, 2.45) is 11.8 Å². The number of amides is 1. The number of carbonyl (C=O) groups excluding carboxylic acids is 1. The minimum Gasteiger partial charge on any atom is -0.474 e. The lowest BCUT2D eigenvalue weighted by molar-refractivity contribution is -0.203. The highest BCUT2D eigenvalue weighted by Gasteiger charge is 2.66. The third kappa shape index (κ3) is 1.96. The summed E-state index contributed by atoms with van der Waals surface area (Å²) in [6, 6.07) is 0. The molecule has 2 aliphatic heterocycles. The van der Waals surface area contributed by atoms with E-state index in [1.807, 2.05) is 0 Å². The maximum Gasteiger partial charge on any atom is 0.394 e. The molecule has 1 saturated carbocycles. The van der Waals surface area contributed by atoms with Crippen LogP contribution >= 0.6 is 0 Å². The molecule has 2 heterocycles. The van der Waals surface area contributed by atoms with E-state index in [0.717, 1.165) is 62.9 Å². The van der Waals surface area contributed by atoms with Crippen LogP contribution in [0.15, 0.2) is 11.3 Å². The first-order valence-corrected chi connectivity index (χ1v) is 9.12. The lowest BCUT2D eigenvalue weighted by Gasteiger charge is -2.68. The first kappa shape index (κ1) is 16.1. The maximum atomic E-state index is 11.8. The second-order valence-electron chi connectivity index (χ2n) is 8.14. The molecule has 24 heavy (non-hydrogen) atoms. The summed E-state index contributed by atoms with van der Waals surface area (Å²) >= 11 is 0. The van der Waals surface area contributed by atoms with Crippen molar-refractivity contribution in [3.63, 3.8) is 0 Å². The van der Waals surface area contributed by atoms with Crippen LogP contribution in [0.3, 0.4) is 0 Å². The lowest BCUT2D eigenvalue weighted by Crippen LogP contribution is -2.76. The zero-order chi connectivity index (χ0) is 17.1. The first-order valence-electron chi connectivity index (χ1n) is 9.12. The molecule has 2 saturated heterocycles. The van der Waals surface area contributed by atoms with Gasteiger partial charge in [0.15, 0.2) is 0 Å². The fourth-order valence-electron chi connectivity index (χ4n) is 6.20. The first-order chi connectivity index (χ1) is 11.4. The van der Waals surface area contributed by atoms with Crippen LogP contribution in [0.1, 0.15) is 51.9 Å². The summed E-state index contributed by atoms with van der Waals surface area (Å²) in [6.07, 6.45) is 6.09. The zero-order valence-corrected chi connectivity index (χ0v) is 14.2. The Hall–Kier alpha value is -1.40. The number of hydrogen-bond acceptors (Lipinski definition) is 4. The number of hydrogen-bond donors (Lipinski definition) is 3. The third-order valence-electron chi connectivity index (χ3n) is 6.88. The van der Waals surface area contributed by atoms with Crippen molar-refractivity contribution in [2.75, 3.05) is 13.1 Å². The van der Waals surface area contributed by atoms with Crippen molar-refractivity contribution in [1.82, 2.24) is 10.2 Å². The molecule has 1 amide bonds. The van der Waals surface area contributed by atoms with E-state index >= 15 is 0 Å². The van der Waals surface area contributed by atoms with Crippen LogP contribution in [0, 0.1) is 11.8 Å². The van der Waals surface area contributed by atoms with E-state index in [4.69, 9.17) is 5.11 Å². The van der Waals surface area contributed by atoms with Crippen molar-refractivity contribution >= 4 is 11.9 Å². The van der Waals surface area contributed by atoms with Crippen LogP contribution < -0.4 is 5.32 Å². The number of nitrogens with zero attached hydrogens (tertiary/aromatic N) is 1. The predicted molar refractivity (Wildman–Crippen MR) is 87.0 cm³/mol. The van der Waals surface area contributed by atoms with Gasteiger partial charge in [0.25, 0.3) is 0 Å². The summed E-state index contributed by atoms with van der Waals surface area (Å²) in [5.41, 5.74) is 0.750. The number of carboxylic acid groups (broad SMARTS) is 1. The third-order valence-corrected chi connectivity index (χ3v) is 6.88. The molecule has 4 aliphatic rings. The highest BCUT2D eigenvalue weighted by atomic mass is 16.4. The van der Waals surface area contributed by atoms with Crippen molar-refractivity contribution in [3.05, 3.63) is 11.3 Å². The number of aliphatic hydroxyl groups is 1. The zero-order valence-electron chi connectivity index (χ0n) is 14.2. The van der Waals surface area contributed by atoms with Crippen LogP contribution in [0.4, 0.5) is 0 Å². The van der Waals surface area contributed by atoms with E-state index < -0.39 is 23.0 Å². The predicted octanol–water partition coefficient (Wildman–Crippen LogP) is 1.25. The van der Waals surface area contributed by atoms with Crippen molar-refractivity contribution in [3.8, 4) is 0 Å². The fourth-order valence-corrected chi connectivity index (χ4v) is 6.20. The van der Waals surface area contributed by atoms with Gasteiger partial charge < -0.3 is 15.5 Å². The quantitative estimate of drug-likeness (QED) is 0.628. The average Bonchev–Trinajstić information content (AvgIpc) is 2.51. The van der Waals surface area contributed by atoms with Gasteiger partial charge in [-0.15, -0.1) is 0 Å². The van der Waals surface area contributed by atoms with Crippen LogP contribution in [0.2, 0.25) is 0 Å². The van der Waals surface area contributed by atoms with Crippen LogP contribution in [0.5, 0.6) is 0 Å². The molecule has 2 aliphatic carbocycles. The maximum absolute atomic E-state index is 11.8. The van der Waals surface area contributed by atoms with Crippen molar-refractivity contribution in [2.45, 2.75) is 63.0 Å². The number of rotatable bonds is 1. The molecule has 6 nitrogen and oxygen atoms in total. The second kappa shape index (κ2) is 5.30. The molecule has 4 atom stereocenters. The molecule has 132 valence electrons. The molecule has 0 unspecified atom stereocenters. The second-order valence-corrected chi connectivity index (χ2v) is 8.14. The van der Waals surface area contributed by atoms with E-state index in [1.54, 1.807) is 0 Å². The summed E-state index contributed by atoms with van der Waals surface area (Å²) in [6.45, 7) is 4.21. The smallest absolute Gasteiger partial charge is 0.394 e. The number of aliphatic carboxylic acids is 1. The highest BCUT2D eigenvalue weighted by molar-refractivity contribution is 6.31.